The molecule has 0 amide bonds. The smallest absolute Gasteiger partial charge is 0.0538 e. The lowest BCUT2D eigenvalue weighted by Crippen LogP contribution is -2.36. The van der Waals surface area contributed by atoms with E-state index in [0.717, 1.165) is 25.6 Å². The maximum Gasteiger partial charge on any atom is 0.0538 e. The Morgan fingerprint density at radius 1 is 1.44 bits per heavy atom. The molecule has 102 valence electrons. The van der Waals surface area contributed by atoms with Crippen LogP contribution < -0.4 is 5.73 Å². The van der Waals surface area contributed by atoms with Crippen molar-refractivity contribution in [3.8, 4) is 0 Å². The molecule has 1 aliphatic carbocycles. The minimum Gasteiger partial charge on any atom is -0.329 e. The molecule has 1 aromatic heterocycles. The summed E-state index contributed by atoms with van der Waals surface area (Å²) >= 11 is 0. The largest absolute Gasteiger partial charge is 0.329 e. The van der Waals surface area contributed by atoms with E-state index in [2.05, 4.69) is 30.0 Å². The Morgan fingerprint density at radius 3 is 2.78 bits per heavy atom. The minimum absolute atomic E-state index is 0.350. The Bertz CT molecular complexity index is 356. The van der Waals surface area contributed by atoms with Crippen LogP contribution in [0.3, 0.4) is 0 Å². The molecule has 0 radical (unpaired) electrons. The highest BCUT2D eigenvalue weighted by molar-refractivity contribution is 5.13. The summed E-state index contributed by atoms with van der Waals surface area (Å²) in [5.41, 5.74) is 7.29. The fraction of sp³-hybridized carbons (Fsp3) is 0.786. The van der Waals surface area contributed by atoms with Crippen LogP contribution in [0.5, 0.6) is 0 Å². The molecule has 1 unspecified atom stereocenters. The van der Waals surface area contributed by atoms with E-state index >= 15 is 0 Å². The molecule has 0 aliphatic heterocycles. The van der Waals surface area contributed by atoms with Gasteiger partial charge in [0.25, 0.3) is 0 Å². The molecular formula is C14H26N4. The molecule has 1 aliphatic rings. The van der Waals surface area contributed by atoms with Gasteiger partial charge in [-0.2, -0.15) is 5.10 Å². The van der Waals surface area contributed by atoms with Gasteiger partial charge in [0.1, 0.15) is 0 Å². The third-order valence-corrected chi connectivity index (χ3v) is 3.61. The summed E-state index contributed by atoms with van der Waals surface area (Å²) < 4.78 is 2.04. The first-order valence-electron chi connectivity index (χ1n) is 7.28. The van der Waals surface area contributed by atoms with Gasteiger partial charge in [0.2, 0.25) is 0 Å². The molecular weight excluding hydrogens is 224 g/mol. The van der Waals surface area contributed by atoms with Gasteiger partial charge >= 0.3 is 0 Å². The first kappa shape index (κ1) is 13.6. The van der Waals surface area contributed by atoms with Crippen molar-refractivity contribution in [2.45, 2.75) is 58.2 Å². The zero-order valence-corrected chi connectivity index (χ0v) is 11.7. The quantitative estimate of drug-likeness (QED) is 0.769. The van der Waals surface area contributed by atoms with Crippen molar-refractivity contribution in [1.29, 1.82) is 0 Å². The molecule has 0 spiro atoms. The Labute approximate surface area is 110 Å². The lowest BCUT2D eigenvalue weighted by Gasteiger charge is -2.30. The van der Waals surface area contributed by atoms with Crippen molar-refractivity contribution in [3.05, 3.63) is 18.0 Å². The topological polar surface area (TPSA) is 47.1 Å². The standard InChI is InChI=1S/C14H26N4/c1-3-7-17-11-12(10-16-17)14(9-15)18(8-4-2)13-5-6-13/h10-11,13-14H,3-9,15H2,1-2H3. The molecule has 2 N–H and O–H groups in total. The molecule has 18 heavy (non-hydrogen) atoms. The van der Waals surface area contributed by atoms with E-state index in [1.165, 1.54) is 24.8 Å². The van der Waals surface area contributed by atoms with E-state index in [9.17, 15) is 0 Å². The summed E-state index contributed by atoms with van der Waals surface area (Å²) in [6.45, 7) is 7.24. The van der Waals surface area contributed by atoms with Crippen LogP contribution in [0.15, 0.2) is 12.4 Å². The van der Waals surface area contributed by atoms with Crippen molar-refractivity contribution < 1.29 is 0 Å². The van der Waals surface area contributed by atoms with Gasteiger partial charge < -0.3 is 5.73 Å². The predicted octanol–water partition coefficient (Wildman–Crippen LogP) is 2.17. The average molecular weight is 250 g/mol. The van der Waals surface area contributed by atoms with Gasteiger partial charge in [-0.1, -0.05) is 13.8 Å². The Morgan fingerprint density at radius 2 is 2.22 bits per heavy atom. The fourth-order valence-corrected chi connectivity index (χ4v) is 2.62. The summed E-state index contributed by atoms with van der Waals surface area (Å²) in [6.07, 6.45) is 9.15. The molecule has 4 nitrogen and oxygen atoms in total. The summed E-state index contributed by atoms with van der Waals surface area (Å²) in [5, 5.41) is 4.43. The highest BCUT2D eigenvalue weighted by atomic mass is 15.3. The third-order valence-electron chi connectivity index (χ3n) is 3.61. The number of nitrogens with zero attached hydrogens (tertiary/aromatic N) is 3. The fourth-order valence-electron chi connectivity index (χ4n) is 2.62. The molecule has 0 aromatic carbocycles. The van der Waals surface area contributed by atoms with E-state index < -0.39 is 0 Å². The molecule has 1 fully saturated rings. The van der Waals surface area contributed by atoms with Crippen LogP contribution >= 0.6 is 0 Å². The van der Waals surface area contributed by atoms with E-state index in [1.54, 1.807) is 0 Å². The van der Waals surface area contributed by atoms with Crippen molar-refractivity contribution >= 4 is 0 Å². The van der Waals surface area contributed by atoms with Crippen molar-refractivity contribution in [1.82, 2.24) is 14.7 Å². The average Bonchev–Trinajstić information content (AvgIpc) is 3.11. The Kier molecular flexibility index (Phi) is 4.78. The Balaban J connectivity index is 2.09. The van der Waals surface area contributed by atoms with Crippen LogP contribution in [0.25, 0.3) is 0 Å². The Hall–Kier alpha value is -0.870. The van der Waals surface area contributed by atoms with Gasteiger partial charge in [-0.25, -0.2) is 0 Å². The van der Waals surface area contributed by atoms with Crippen molar-refractivity contribution in [2.24, 2.45) is 5.73 Å². The first-order valence-corrected chi connectivity index (χ1v) is 7.28. The zero-order chi connectivity index (χ0) is 13.0. The first-order chi connectivity index (χ1) is 8.80. The van der Waals surface area contributed by atoms with Gasteiger partial charge in [-0.3, -0.25) is 9.58 Å². The van der Waals surface area contributed by atoms with Crippen LogP contribution in [0, 0.1) is 0 Å². The number of rotatable bonds is 8. The van der Waals surface area contributed by atoms with Gasteiger partial charge in [-0.05, 0) is 32.2 Å². The number of hydrogen-bond acceptors (Lipinski definition) is 3. The van der Waals surface area contributed by atoms with Gasteiger partial charge in [-0.15, -0.1) is 0 Å². The summed E-state index contributed by atoms with van der Waals surface area (Å²) in [7, 11) is 0. The van der Waals surface area contributed by atoms with E-state index in [-0.39, 0.29) is 0 Å². The minimum atomic E-state index is 0.350. The van der Waals surface area contributed by atoms with Gasteiger partial charge in [0, 0.05) is 30.9 Å². The monoisotopic (exact) mass is 250 g/mol. The molecule has 2 rings (SSSR count). The van der Waals surface area contributed by atoms with E-state index in [4.69, 9.17) is 5.73 Å². The molecule has 1 saturated carbocycles. The van der Waals surface area contributed by atoms with E-state index in [0.29, 0.717) is 12.6 Å². The van der Waals surface area contributed by atoms with Gasteiger partial charge in [0.15, 0.2) is 0 Å². The highest BCUT2D eigenvalue weighted by Gasteiger charge is 2.33. The lowest BCUT2D eigenvalue weighted by atomic mass is 10.1. The normalized spacial score (nSPS) is 17.3. The van der Waals surface area contributed by atoms with Gasteiger partial charge in [0.05, 0.1) is 12.2 Å². The highest BCUT2D eigenvalue weighted by Crippen LogP contribution is 2.33. The second-order valence-corrected chi connectivity index (χ2v) is 5.26. The van der Waals surface area contributed by atoms with E-state index in [1.807, 2.05) is 10.9 Å². The number of aryl methyl sites for hydroxylation is 1. The van der Waals surface area contributed by atoms with Crippen LogP contribution in [0.2, 0.25) is 0 Å². The number of nitrogens with two attached hydrogens (primary N) is 1. The molecule has 4 heteroatoms. The number of aromatic nitrogens is 2. The zero-order valence-electron chi connectivity index (χ0n) is 11.7. The van der Waals surface area contributed by atoms with Crippen LogP contribution in [-0.2, 0) is 6.54 Å². The number of hydrogen-bond donors (Lipinski definition) is 1. The second kappa shape index (κ2) is 6.34. The second-order valence-electron chi connectivity index (χ2n) is 5.26. The molecule has 0 bridgehead atoms. The van der Waals surface area contributed by atoms with Crippen molar-refractivity contribution in [2.75, 3.05) is 13.1 Å². The van der Waals surface area contributed by atoms with Crippen LogP contribution in [0.4, 0.5) is 0 Å². The maximum atomic E-state index is 6.01. The maximum absolute atomic E-state index is 6.01. The van der Waals surface area contributed by atoms with Crippen molar-refractivity contribution in [3.63, 3.8) is 0 Å². The lowest BCUT2D eigenvalue weighted by molar-refractivity contribution is 0.191. The molecule has 1 aromatic rings. The summed E-state index contributed by atoms with van der Waals surface area (Å²) in [5.74, 6) is 0. The summed E-state index contributed by atoms with van der Waals surface area (Å²) in [6, 6.07) is 1.11. The van der Waals surface area contributed by atoms with Crippen LogP contribution in [0.1, 0.15) is 51.1 Å². The SMILES string of the molecule is CCCN(C1CC1)C(CN)c1cnn(CCC)c1. The predicted molar refractivity (Wildman–Crippen MR) is 74.3 cm³/mol. The third kappa shape index (κ3) is 3.12. The molecule has 1 atom stereocenters. The molecule has 0 saturated heterocycles. The van der Waals surface area contributed by atoms with Crippen LogP contribution in [-0.4, -0.2) is 33.8 Å². The molecule has 1 heterocycles. The summed E-state index contributed by atoms with van der Waals surface area (Å²) in [4.78, 5) is 2.58.